The summed E-state index contributed by atoms with van der Waals surface area (Å²) < 4.78 is 24.1. The Labute approximate surface area is 113 Å². The van der Waals surface area contributed by atoms with Gasteiger partial charge in [0.1, 0.15) is 0 Å². The number of nitrogens with zero attached hydrogens (tertiary/aromatic N) is 1. The predicted octanol–water partition coefficient (Wildman–Crippen LogP) is 1.97. The van der Waals surface area contributed by atoms with Gasteiger partial charge >= 0.3 is 0 Å². The molecule has 1 heterocycles. The lowest BCUT2D eigenvalue weighted by atomic mass is 10.3. The predicted molar refractivity (Wildman–Crippen MR) is 73.3 cm³/mol. The van der Waals surface area contributed by atoms with E-state index in [1.165, 1.54) is 6.07 Å². The molecule has 2 rings (SSSR count). The minimum Gasteiger partial charge on any atom is -0.491 e. The van der Waals surface area contributed by atoms with Crippen molar-refractivity contribution < 1.29 is 13.9 Å². The molecule has 19 heavy (non-hydrogen) atoms. The van der Waals surface area contributed by atoms with E-state index in [0.717, 1.165) is 45.1 Å². The van der Waals surface area contributed by atoms with Crippen molar-refractivity contribution in [1.29, 1.82) is 0 Å². The van der Waals surface area contributed by atoms with Gasteiger partial charge in [-0.1, -0.05) is 0 Å². The standard InChI is InChI=1S/C14H21FN2O2/c1-2-19-14-4-3-12(11-13(14)15)16-5-6-17-7-9-18-10-8-17/h3-4,11,16H,2,5-10H2,1H3. The van der Waals surface area contributed by atoms with Crippen molar-refractivity contribution in [2.24, 2.45) is 0 Å². The summed E-state index contributed by atoms with van der Waals surface area (Å²) >= 11 is 0. The third kappa shape index (κ3) is 4.36. The van der Waals surface area contributed by atoms with Gasteiger partial charge in [0.15, 0.2) is 11.6 Å². The molecular weight excluding hydrogens is 247 g/mol. The molecular formula is C14H21FN2O2. The molecule has 1 aromatic carbocycles. The Hall–Kier alpha value is -1.33. The third-order valence-electron chi connectivity index (χ3n) is 3.09. The third-order valence-corrected chi connectivity index (χ3v) is 3.09. The zero-order chi connectivity index (χ0) is 13.5. The molecule has 0 bridgehead atoms. The molecule has 1 N–H and O–H groups in total. The minimum atomic E-state index is -0.321. The van der Waals surface area contributed by atoms with E-state index in [1.54, 1.807) is 6.07 Å². The van der Waals surface area contributed by atoms with E-state index in [2.05, 4.69) is 10.2 Å². The van der Waals surface area contributed by atoms with Crippen LogP contribution in [0, 0.1) is 5.82 Å². The van der Waals surface area contributed by atoms with Crippen LogP contribution in [0.3, 0.4) is 0 Å². The highest BCUT2D eigenvalue weighted by Gasteiger charge is 2.09. The quantitative estimate of drug-likeness (QED) is 0.855. The highest BCUT2D eigenvalue weighted by atomic mass is 19.1. The van der Waals surface area contributed by atoms with Crippen molar-refractivity contribution in [3.05, 3.63) is 24.0 Å². The van der Waals surface area contributed by atoms with Crippen LogP contribution in [0.1, 0.15) is 6.92 Å². The van der Waals surface area contributed by atoms with Gasteiger partial charge in [0, 0.05) is 37.9 Å². The Morgan fingerprint density at radius 2 is 2.16 bits per heavy atom. The van der Waals surface area contributed by atoms with Gasteiger partial charge in [-0.2, -0.15) is 0 Å². The lowest BCUT2D eigenvalue weighted by Crippen LogP contribution is -2.39. The zero-order valence-corrected chi connectivity index (χ0v) is 11.3. The Kier molecular flexibility index (Phi) is 5.42. The first-order chi connectivity index (χ1) is 9.29. The molecule has 0 aromatic heterocycles. The molecule has 5 heteroatoms. The molecule has 4 nitrogen and oxygen atoms in total. The van der Waals surface area contributed by atoms with E-state index in [9.17, 15) is 4.39 Å². The summed E-state index contributed by atoms with van der Waals surface area (Å²) in [5.41, 5.74) is 0.786. The van der Waals surface area contributed by atoms with Crippen LogP contribution in [0.5, 0.6) is 5.75 Å². The number of hydrogen-bond donors (Lipinski definition) is 1. The van der Waals surface area contributed by atoms with Crippen molar-refractivity contribution in [3.8, 4) is 5.75 Å². The summed E-state index contributed by atoms with van der Waals surface area (Å²) in [6.07, 6.45) is 0. The van der Waals surface area contributed by atoms with Crippen LogP contribution in [0.15, 0.2) is 18.2 Å². The number of hydrogen-bond acceptors (Lipinski definition) is 4. The van der Waals surface area contributed by atoms with Crippen LogP contribution in [0.4, 0.5) is 10.1 Å². The Morgan fingerprint density at radius 3 is 2.84 bits per heavy atom. The van der Waals surface area contributed by atoms with Crippen molar-refractivity contribution in [3.63, 3.8) is 0 Å². The van der Waals surface area contributed by atoms with Gasteiger partial charge in [0.25, 0.3) is 0 Å². The Balaban J connectivity index is 1.77. The first-order valence-electron chi connectivity index (χ1n) is 6.76. The number of morpholine rings is 1. The number of nitrogens with one attached hydrogen (secondary N) is 1. The van der Waals surface area contributed by atoms with E-state index < -0.39 is 0 Å². The van der Waals surface area contributed by atoms with E-state index in [-0.39, 0.29) is 5.82 Å². The molecule has 0 atom stereocenters. The van der Waals surface area contributed by atoms with E-state index in [0.29, 0.717) is 12.4 Å². The largest absolute Gasteiger partial charge is 0.491 e. The summed E-state index contributed by atoms with van der Waals surface area (Å²) in [7, 11) is 0. The van der Waals surface area contributed by atoms with Gasteiger partial charge in [-0.15, -0.1) is 0 Å². The van der Waals surface area contributed by atoms with Crippen LogP contribution in [-0.2, 0) is 4.74 Å². The lowest BCUT2D eigenvalue weighted by Gasteiger charge is -2.26. The van der Waals surface area contributed by atoms with Gasteiger partial charge in [-0.25, -0.2) is 4.39 Å². The number of ether oxygens (including phenoxy) is 2. The second-order valence-electron chi connectivity index (χ2n) is 4.46. The van der Waals surface area contributed by atoms with Gasteiger partial charge in [-0.05, 0) is 19.1 Å². The summed E-state index contributed by atoms with van der Waals surface area (Å²) in [5.74, 6) is -0.0144. The van der Waals surface area contributed by atoms with Gasteiger partial charge in [-0.3, -0.25) is 4.90 Å². The summed E-state index contributed by atoms with van der Waals surface area (Å²) in [4.78, 5) is 2.33. The van der Waals surface area contributed by atoms with Crippen molar-refractivity contribution in [2.45, 2.75) is 6.92 Å². The zero-order valence-electron chi connectivity index (χ0n) is 11.3. The SMILES string of the molecule is CCOc1ccc(NCCN2CCOCC2)cc1F. The molecule has 1 aliphatic heterocycles. The van der Waals surface area contributed by atoms with Gasteiger partial charge in [0.2, 0.25) is 0 Å². The normalized spacial score (nSPS) is 16.3. The van der Waals surface area contributed by atoms with Crippen LogP contribution >= 0.6 is 0 Å². The fourth-order valence-electron chi connectivity index (χ4n) is 2.07. The van der Waals surface area contributed by atoms with Gasteiger partial charge < -0.3 is 14.8 Å². The molecule has 1 fully saturated rings. The molecule has 0 unspecified atom stereocenters. The highest BCUT2D eigenvalue weighted by molar-refractivity contribution is 5.47. The molecule has 1 aliphatic rings. The number of anilines is 1. The maximum absolute atomic E-state index is 13.6. The first-order valence-corrected chi connectivity index (χ1v) is 6.76. The maximum Gasteiger partial charge on any atom is 0.167 e. The Morgan fingerprint density at radius 1 is 1.37 bits per heavy atom. The number of rotatable bonds is 6. The fraction of sp³-hybridized carbons (Fsp3) is 0.571. The molecule has 1 saturated heterocycles. The first kappa shape index (κ1) is 14.1. The Bertz CT molecular complexity index is 395. The average molecular weight is 268 g/mol. The summed E-state index contributed by atoms with van der Waals surface area (Å²) in [5, 5.41) is 3.22. The van der Waals surface area contributed by atoms with Crippen LogP contribution in [-0.4, -0.2) is 50.9 Å². The fourth-order valence-corrected chi connectivity index (χ4v) is 2.07. The molecule has 0 aliphatic carbocycles. The van der Waals surface area contributed by atoms with E-state index in [4.69, 9.17) is 9.47 Å². The van der Waals surface area contributed by atoms with Crippen molar-refractivity contribution >= 4 is 5.69 Å². The van der Waals surface area contributed by atoms with E-state index >= 15 is 0 Å². The molecule has 0 saturated carbocycles. The second kappa shape index (κ2) is 7.31. The van der Waals surface area contributed by atoms with Crippen LogP contribution in [0.25, 0.3) is 0 Å². The lowest BCUT2D eigenvalue weighted by molar-refractivity contribution is 0.0398. The molecule has 1 aromatic rings. The second-order valence-corrected chi connectivity index (χ2v) is 4.46. The van der Waals surface area contributed by atoms with Gasteiger partial charge in [0.05, 0.1) is 19.8 Å². The molecule has 0 spiro atoms. The van der Waals surface area contributed by atoms with Crippen molar-refractivity contribution in [1.82, 2.24) is 4.90 Å². The minimum absolute atomic E-state index is 0.307. The maximum atomic E-state index is 13.6. The van der Waals surface area contributed by atoms with Crippen LogP contribution < -0.4 is 10.1 Å². The molecule has 0 amide bonds. The molecule has 0 radical (unpaired) electrons. The smallest absolute Gasteiger partial charge is 0.167 e. The summed E-state index contributed by atoms with van der Waals surface area (Å²) in [6, 6.07) is 4.98. The van der Waals surface area contributed by atoms with E-state index in [1.807, 2.05) is 13.0 Å². The van der Waals surface area contributed by atoms with Crippen molar-refractivity contribution in [2.75, 3.05) is 51.3 Å². The number of halogens is 1. The summed E-state index contributed by atoms with van der Waals surface area (Å²) in [6.45, 7) is 7.61. The number of benzene rings is 1. The highest BCUT2D eigenvalue weighted by Crippen LogP contribution is 2.20. The van der Waals surface area contributed by atoms with Crippen LogP contribution in [0.2, 0.25) is 0 Å². The average Bonchev–Trinajstić information content (AvgIpc) is 2.43. The topological polar surface area (TPSA) is 33.7 Å². The molecule has 106 valence electrons. The monoisotopic (exact) mass is 268 g/mol.